The molecule has 4 heteroatoms. The molecule has 19 heavy (non-hydrogen) atoms. The molecule has 1 saturated heterocycles. The van der Waals surface area contributed by atoms with E-state index in [4.69, 9.17) is 0 Å². The van der Waals surface area contributed by atoms with Gasteiger partial charge in [-0.1, -0.05) is 19.1 Å². The molecule has 4 nitrogen and oxygen atoms in total. The van der Waals surface area contributed by atoms with Crippen LogP contribution in [0.4, 0.5) is 0 Å². The van der Waals surface area contributed by atoms with Crippen LogP contribution in [-0.2, 0) is 11.2 Å². The van der Waals surface area contributed by atoms with Gasteiger partial charge in [0.25, 0.3) is 5.91 Å². The number of benzene rings is 1. The number of nitrogens with zero attached hydrogens (tertiary/aromatic N) is 2. The van der Waals surface area contributed by atoms with Gasteiger partial charge in [0, 0.05) is 38.7 Å². The molecular formula is C15H20N2O2. The monoisotopic (exact) mass is 260 g/mol. The summed E-state index contributed by atoms with van der Waals surface area (Å²) in [6, 6.07) is 7.77. The van der Waals surface area contributed by atoms with Gasteiger partial charge in [-0.15, -0.1) is 0 Å². The van der Waals surface area contributed by atoms with Crippen molar-refractivity contribution in [2.75, 3.05) is 26.2 Å². The number of aryl methyl sites for hydroxylation is 1. The topological polar surface area (TPSA) is 40.6 Å². The molecule has 0 aliphatic carbocycles. The first-order valence-corrected chi connectivity index (χ1v) is 6.75. The van der Waals surface area contributed by atoms with E-state index in [0.29, 0.717) is 26.2 Å². The van der Waals surface area contributed by atoms with Crippen molar-refractivity contribution >= 4 is 11.8 Å². The summed E-state index contributed by atoms with van der Waals surface area (Å²) in [5.41, 5.74) is 1.96. The highest BCUT2D eigenvalue weighted by atomic mass is 16.2. The minimum absolute atomic E-state index is 0.0610. The van der Waals surface area contributed by atoms with Gasteiger partial charge < -0.3 is 9.80 Å². The number of carbonyl (C=O) groups is 2. The predicted molar refractivity (Wildman–Crippen MR) is 74.0 cm³/mol. The number of rotatable bonds is 2. The molecule has 0 unspecified atom stereocenters. The zero-order chi connectivity index (χ0) is 13.8. The maximum Gasteiger partial charge on any atom is 0.253 e. The van der Waals surface area contributed by atoms with E-state index in [1.807, 2.05) is 29.2 Å². The summed E-state index contributed by atoms with van der Waals surface area (Å²) in [5, 5.41) is 0. The molecule has 0 N–H and O–H groups in total. The maximum atomic E-state index is 12.3. The Kier molecular flexibility index (Phi) is 4.20. The van der Waals surface area contributed by atoms with Crippen molar-refractivity contribution in [1.29, 1.82) is 0 Å². The fourth-order valence-electron chi connectivity index (χ4n) is 2.29. The highest BCUT2D eigenvalue weighted by molar-refractivity contribution is 5.94. The summed E-state index contributed by atoms with van der Waals surface area (Å²) in [6.45, 7) is 6.17. The Bertz CT molecular complexity index is 460. The molecule has 0 bridgehead atoms. The van der Waals surface area contributed by atoms with E-state index < -0.39 is 0 Å². The van der Waals surface area contributed by atoms with Crippen molar-refractivity contribution in [2.24, 2.45) is 0 Å². The average Bonchev–Trinajstić information content (AvgIpc) is 2.46. The number of hydrogen-bond acceptors (Lipinski definition) is 2. The minimum Gasteiger partial charge on any atom is -0.339 e. The summed E-state index contributed by atoms with van der Waals surface area (Å²) < 4.78 is 0. The molecule has 0 atom stereocenters. The number of carbonyl (C=O) groups excluding carboxylic acids is 2. The van der Waals surface area contributed by atoms with Crippen LogP contribution in [0.3, 0.4) is 0 Å². The number of amides is 2. The summed E-state index contributed by atoms with van der Waals surface area (Å²) in [7, 11) is 0. The van der Waals surface area contributed by atoms with Crippen LogP contribution in [0.5, 0.6) is 0 Å². The molecule has 2 amide bonds. The van der Waals surface area contributed by atoms with Gasteiger partial charge in [-0.05, 0) is 24.1 Å². The summed E-state index contributed by atoms with van der Waals surface area (Å²) in [4.78, 5) is 27.1. The van der Waals surface area contributed by atoms with E-state index in [-0.39, 0.29) is 11.8 Å². The van der Waals surface area contributed by atoms with Crippen molar-refractivity contribution in [3.8, 4) is 0 Å². The van der Waals surface area contributed by atoms with Gasteiger partial charge in [0.05, 0.1) is 0 Å². The zero-order valence-electron chi connectivity index (χ0n) is 11.6. The standard InChI is InChI=1S/C15H20N2O2/c1-3-13-4-6-14(7-5-13)15(19)17-10-8-16(9-11-17)12(2)18/h4-7H,3,8-11H2,1-2H3. The van der Waals surface area contributed by atoms with E-state index in [2.05, 4.69) is 6.92 Å². The third kappa shape index (κ3) is 3.13. The van der Waals surface area contributed by atoms with E-state index >= 15 is 0 Å². The smallest absolute Gasteiger partial charge is 0.253 e. The lowest BCUT2D eigenvalue weighted by Gasteiger charge is -2.34. The Labute approximate surface area is 114 Å². The van der Waals surface area contributed by atoms with Gasteiger partial charge >= 0.3 is 0 Å². The summed E-state index contributed by atoms with van der Waals surface area (Å²) >= 11 is 0. The summed E-state index contributed by atoms with van der Waals surface area (Å²) in [6.07, 6.45) is 0.978. The van der Waals surface area contributed by atoms with Gasteiger partial charge in [0.2, 0.25) is 5.91 Å². The molecule has 0 aromatic heterocycles. The van der Waals surface area contributed by atoms with E-state index in [9.17, 15) is 9.59 Å². The SMILES string of the molecule is CCc1ccc(C(=O)N2CCN(C(C)=O)CC2)cc1. The molecule has 1 fully saturated rings. The van der Waals surface area contributed by atoms with Crippen LogP contribution in [0.15, 0.2) is 24.3 Å². The Balaban J connectivity index is 1.98. The normalized spacial score (nSPS) is 15.5. The molecule has 1 aromatic carbocycles. The quantitative estimate of drug-likeness (QED) is 0.809. The molecule has 1 aliphatic rings. The molecule has 102 valence electrons. The van der Waals surface area contributed by atoms with E-state index in [0.717, 1.165) is 12.0 Å². The fraction of sp³-hybridized carbons (Fsp3) is 0.467. The van der Waals surface area contributed by atoms with Crippen LogP contribution in [-0.4, -0.2) is 47.8 Å². The van der Waals surface area contributed by atoms with Crippen LogP contribution in [0.1, 0.15) is 29.8 Å². The van der Waals surface area contributed by atoms with Crippen molar-refractivity contribution in [1.82, 2.24) is 9.80 Å². The van der Waals surface area contributed by atoms with Crippen LogP contribution >= 0.6 is 0 Å². The van der Waals surface area contributed by atoms with Gasteiger partial charge in [-0.25, -0.2) is 0 Å². The first-order chi connectivity index (χ1) is 9.11. The van der Waals surface area contributed by atoms with Gasteiger partial charge in [-0.2, -0.15) is 0 Å². The van der Waals surface area contributed by atoms with Crippen LogP contribution in [0.2, 0.25) is 0 Å². The number of hydrogen-bond donors (Lipinski definition) is 0. The summed E-state index contributed by atoms with van der Waals surface area (Å²) in [5.74, 6) is 0.144. The predicted octanol–water partition coefficient (Wildman–Crippen LogP) is 1.55. The zero-order valence-corrected chi connectivity index (χ0v) is 11.6. The first kappa shape index (κ1) is 13.6. The van der Waals surface area contributed by atoms with Crippen molar-refractivity contribution in [3.05, 3.63) is 35.4 Å². The van der Waals surface area contributed by atoms with E-state index in [1.165, 1.54) is 5.56 Å². The molecule has 2 rings (SSSR count). The molecule has 0 spiro atoms. The largest absolute Gasteiger partial charge is 0.339 e. The third-order valence-electron chi connectivity index (χ3n) is 3.62. The van der Waals surface area contributed by atoms with Crippen LogP contribution in [0.25, 0.3) is 0 Å². The average molecular weight is 260 g/mol. The molecule has 0 saturated carbocycles. The second-order valence-corrected chi connectivity index (χ2v) is 4.85. The third-order valence-corrected chi connectivity index (χ3v) is 3.62. The molecule has 1 aromatic rings. The second-order valence-electron chi connectivity index (χ2n) is 4.85. The maximum absolute atomic E-state index is 12.3. The Hall–Kier alpha value is -1.84. The van der Waals surface area contributed by atoms with E-state index in [1.54, 1.807) is 11.8 Å². The van der Waals surface area contributed by atoms with Gasteiger partial charge in [0.15, 0.2) is 0 Å². The highest BCUT2D eigenvalue weighted by Gasteiger charge is 2.22. The molecular weight excluding hydrogens is 240 g/mol. The highest BCUT2D eigenvalue weighted by Crippen LogP contribution is 2.11. The molecule has 1 aliphatic heterocycles. The van der Waals surface area contributed by atoms with Crippen molar-refractivity contribution < 1.29 is 9.59 Å². The lowest BCUT2D eigenvalue weighted by Crippen LogP contribution is -2.50. The molecule has 1 heterocycles. The first-order valence-electron chi connectivity index (χ1n) is 6.75. The van der Waals surface area contributed by atoms with Gasteiger partial charge in [-0.3, -0.25) is 9.59 Å². The molecule has 0 radical (unpaired) electrons. The van der Waals surface area contributed by atoms with Crippen LogP contribution < -0.4 is 0 Å². The van der Waals surface area contributed by atoms with Crippen molar-refractivity contribution in [3.63, 3.8) is 0 Å². The lowest BCUT2D eigenvalue weighted by molar-refractivity contribution is -0.130. The van der Waals surface area contributed by atoms with Crippen LogP contribution in [0, 0.1) is 0 Å². The Morgan fingerprint density at radius 2 is 1.53 bits per heavy atom. The number of piperazine rings is 1. The Morgan fingerprint density at radius 1 is 1.00 bits per heavy atom. The minimum atomic E-state index is 0.0610. The Morgan fingerprint density at radius 3 is 2.00 bits per heavy atom. The fourth-order valence-corrected chi connectivity index (χ4v) is 2.29. The lowest BCUT2D eigenvalue weighted by atomic mass is 10.1. The van der Waals surface area contributed by atoms with Gasteiger partial charge in [0.1, 0.15) is 0 Å². The van der Waals surface area contributed by atoms with Crippen molar-refractivity contribution in [2.45, 2.75) is 20.3 Å². The second kappa shape index (κ2) is 5.87.